The predicted molar refractivity (Wildman–Crippen MR) is 96.0 cm³/mol. The number of hydrogen-bond donors (Lipinski definition) is 0. The van der Waals surface area contributed by atoms with Crippen LogP contribution in [0.5, 0.6) is 0 Å². The highest BCUT2D eigenvalue weighted by Gasteiger charge is 2.26. The number of aryl methyl sites for hydroxylation is 1. The van der Waals surface area contributed by atoms with Crippen LogP contribution >= 0.6 is 11.8 Å². The Labute approximate surface area is 139 Å². The highest BCUT2D eigenvalue weighted by Crippen LogP contribution is 2.36. The summed E-state index contributed by atoms with van der Waals surface area (Å²) in [6.45, 7) is 0.787. The fraction of sp³-hybridized carbons (Fsp3) is 0.263. The monoisotopic (exact) mass is 322 g/mol. The topological polar surface area (TPSA) is 34.9 Å². The van der Waals surface area contributed by atoms with Gasteiger partial charge in [-0.05, 0) is 36.3 Å². The normalized spacial score (nSPS) is 16.6. The Balaban J connectivity index is 1.55. The summed E-state index contributed by atoms with van der Waals surface area (Å²) in [7, 11) is 0. The number of hydrogen-bond acceptors (Lipinski definition) is 3. The van der Waals surface area contributed by atoms with E-state index in [0.29, 0.717) is 5.25 Å². The van der Waals surface area contributed by atoms with E-state index in [2.05, 4.69) is 24.3 Å². The first-order chi connectivity index (χ1) is 11.3. The molecule has 1 unspecified atom stereocenters. The molecule has 0 N–H and O–H groups in total. The van der Waals surface area contributed by atoms with Crippen molar-refractivity contribution in [3.63, 3.8) is 0 Å². The second-order valence-electron chi connectivity index (χ2n) is 5.83. The minimum atomic E-state index is 0.108. The molecule has 1 aliphatic rings. The molecule has 0 bridgehead atoms. The Bertz CT molecular complexity index is 889. The molecule has 1 aromatic heterocycles. The Kier molecular flexibility index (Phi) is 3.92. The summed E-state index contributed by atoms with van der Waals surface area (Å²) in [6, 6.07) is 18.2. The van der Waals surface area contributed by atoms with Crippen LogP contribution in [0.3, 0.4) is 0 Å². The molecule has 0 aliphatic carbocycles. The molecule has 2 heterocycles. The van der Waals surface area contributed by atoms with E-state index in [1.807, 2.05) is 46.7 Å². The van der Waals surface area contributed by atoms with Crippen LogP contribution in [0.4, 0.5) is 0 Å². The third-order valence-corrected chi connectivity index (χ3v) is 5.64. The molecule has 0 amide bonds. The lowest BCUT2D eigenvalue weighted by molar-refractivity contribution is 0.718. The van der Waals surface area contributed by atoms with Gasteiger partial charge < -0.3 is 0 Å². The molecule has 0 fully saturated rings. The van der Waals surface area contributed by atoms with Crippen LogP contribution in [0.15, 0.2) is 59.4 Å². The van der Waals surface area contributed by atoms with Crippen LogP contribution in [-0.4, -0.2) is 15.3 Å². The van der Waals surface area contributed by atoms with Gasteiger partial charge in [0.25, 0.3) is 5.56 Å². The smallest absolute Gasteiger partial charge is 0.261 e. The summed E-state index contributed by atoms with van der Waals surface area (Å²) >= 11 is 1.92. The summed E-state index contributed by atoms with van der Waals surface area (Å²) in [4.78, 5) is 17.3. The molecule has 1 aliphatic heterocycles. The van der Waals surface area contributed by atoms with Gasteiger partial charge in [-0.25, -0.2) is 4.98 Å². The number of fused-ring (bicyclic) bond motifs is 2. The van der Waals surface area contributed by atoms with Crippen molar-refractivity contribution < 1.29 is 0 Å². The number of para-hydroxylation sites is 1. The van der Waals surface area contributed by atoms with E-state index in [1.54, 1.807) is 0 Å². The third-order valence-electron chi connectivity index (χ3n) is 4.35. The molecular formula is C19H18N2OS. The number of nitrogens with zero attached hydrogens (tertiary/aromatic N) is 2. The molecular weight excluding hydrogens is 304 g/mol. The molecule has 0 saturated carbocycles. The highest BCUT2D eigenvalue weighted by molar-refractivity contribution is 7.99. The molecule has 0 spiro atoms. The molecule has 4 rings (SSSR count). The first-order valence-corrected chi connectivity index (χ1v) is 9.03. The van der Waals surface area contributed by atoms with Crippen molar-refractivity contribution in [2.24, 2.45) is 0 Å². The van der Waals surface area contributed by atoms with E-state index in [-0.39, 0.29) is 5.56 Å². The molecule has 3 aromatic rings. The Morgan fingerprint density at radius 2 is 1.87 bits per heavy atom. The first kappa shape index (κ1) is 14.5. The Hall–Kier alpha value is -2.07. The lowest BCUT2D eigenvalue weighted by atomic mass is 10.2. The van der Waals surface area contributed by atoms with E-state index < -0.39 is 0 Å². The van der Waals surface area contributed by atoms with E-state index in [4.69, 9.17) is 4.98 Å². The van der Waals surface area contributed by atoms with Gasteiger partial charge in [-0.2, -0.15) is 11.8 Å². The van der Waals surface area contributed by atoms with Crippen LogP contribution < -0.4 is 5.56 Å². The zero-order valence-electron chi connectivity index (χ0n) is 12.8. The second kappa shape index (κ2) is 6.20. The van der Waals surface area contributed by atoms with E-state index in [9.17, 15) is 4.79 Å². The average Bonchev–Trinajstić information content (AvgIpc) is 2.99. The van der Waals surface area contributed by atoms with Crippen molar-refractivity contribution >= 4 is 22.7 Å². The van der Waals surface area contributed by atoms with Gasteiger partial charge in [-0.3, -0.25) is 9.36 Å². The molecule has 4 heteroatoms. The molecule has 3 nitrogen and oxygen atoms in total. The maximum absolute atomic E-state index is 12.6. The van der Waals surface area contributed by atoms with Gasteiger partial charge in [0.1, 0.15) is 5.82 Å². The van der Waals surface area contributed by atoms with Gasteiger partial charge in [0.05, 0.1) is 16.2 Å². The summed E-state index contributed by atoms with van der Waals surface area (Å²) < 4.78 is 1.86. The Morgan fingerprint density at radius 1 is 1.09 bits per heavy atom. The minimum Gasteiger partial charge on any atom is -0.295 e. The van der Waals surface area contributed by atoms with Gasteiger partial charge in [-0.15, -0.1) is 0 Å². The highest BCUT2D eigenvalue weighted by atomic mass is 32.2. The van der Waals surface area contributed by atoms with Crippen molar-refractivity contribution in [1.82, 2.24) is 9.55 Å². The molecule has 0 saturated heterocycles. The zero-order chi connectivity index (χ0) is 15.6. The van der Waals surface area contributed by atoms with Crippen LogP contribution in [0, 0.1) is 0 Å². The molecule has 116 valence electrons. The number of benzene rings is 2. The van der Waals surface area contributed by atoms with Crippen molar-refractivity contribution in [3.05, 3.63) is 76.3 Å². The maximum atomic E-state index is 12.6. The summed E-state index contributed by atoms with van der Waals surface area (Å²) in [6.07, 6.45) is 2.05. The number of aromatic nitrogens is 2. The van der Waals surface area contributed by atoms with Crippen molar-refractivity contribution in [3.8, 4) is 0 Å². The quantitative estimate of drug-likeness (QED) is 0.732. The van der Waals surface area contributed by atoms with Gasteiger partial charge in [0.2, 0.25) is 0 Å². The standard InChI is InChI=1S/C19H18N2OS/c22-19-15-8-4-5-9-16(15)20-18-17(10-12-21(18)19)23-13-11-14-6-2-1-3-7-14/h1-9,17H,10-13H2. The first-order valence-electron chi connectivity index (χ1n) is 7.98. The van der Waals surface area contributed by atoms with E-state index in [1.165, 1.54) is 5.56 Å². The summed E-state index contributed by atoms with van der Waals surface area (Å²) in [5, 5.41) is 1.06. The van der Waals surface area contributed by atoms with E-state index >= 15 is 0 Å². The molecule has 23 heavy (non-hydrogen) atoms. The number of rotatable bonds is 4. The largest absolute Gasteiger partial charge is 0.295 e. The zero-order valence-corrected chi connectivity index (χ0v) is 13.6. The second-order valence-corrected chi connectivity index (χ2v) is 7.14. The van der Waals surface area contributed by atoms with Gasteiger partial charge in [-0.1, -0.05) is 42.5 Å². The fourth-order valence-electron chi connectivity index (χ4n) is 3.14. The van der Waals surface area contributed by atoms with Crippen LogP contribution in [0.1, 0.15) is 23.1 Å². The molecule has 0 radical (unpaired) electrons. The number of thioether (sulfide) groups is 1. The average molecular weight is 322 g/mol. The van der Waals surface area contributed by atoms with Crippen molar-refractivity contribution in [2.45, 2.75) is 24.6 Å². The van der Waals surface area contributed by atoms with Gasteiger partial charge >= 0.3 is 0 Å². The van der Waals surface area contributed by atoms with Gasteiger partial charge in [0, 0.05) is 6.54 Å². The molecule has 2 aromatic carbocycles. The van der Waals surface area contributed by atoms with Crippen LogP contribution in [-0.2, 0) is 13.0 Å². The summed E-state index contributed by atoms with van der Waals surface area (Å²) in [5.74, 6) is 2.00. The third kappa shape index (κ3) is 2.79. The van der Waals surface area contributed by atoms with Crippen LogP contribution in [0.2, 0.25) is 0 Å². The lowest BCUT2D eigenvalue weighted by Crippen LogP contribution is -2.21. The van der Waals surface area contributed by atoms with Crippen molar-refractivity contribution in [2.75, 3.05) is 5.75 Å². The van der Waals surface area contributed by atoms with Crippen LogP contribution in [0.25, 0.3) is 10.9 Å². The Morgan fingerprint density at radius 3 is 2.74 bits per heavy atom. The predicted octanol–water partition coefficient (Wildman–Crippen LogP) is 3.82. The SMILES string of the molecule is O=c1c2ccccc2nc2n1CCC2SCCc1ccccc1. The lowest BCUT2D eigenvalue weighted by Gasteiger charge is -2.11. The van der Waals surface area contributed by atoms with Gasteiger partial charge in [0.15, 0.2) is 0 Å². The van der Waals surface area contributed by atoms with Crippen molar-refractivity contribution in [1.29, 1.82) is 0 Å². The minimum absolute atomic E-state index is 0.108. The summed E-state index contributed by atoms with van der Waals surface area (Å²) in [5.41, 5.74) is 2.29. The molecule has 1 atom stereocenters. The maximum Gasteiger partial charge on any atom is 0.261 e. The fourth-order valence-corrected chi connectivity index (χ4v) is 4.38. The van der Waals surface area contributed by atoms with E-state index in [0.717, 1.165) is 41.9 Å².